The highest BCUT2D eigenvalue weighted by Crippen LogP contribution is 2.55. The second-order valence-corrected chi connectivity index (χ2v) is 9.63. The fourth-order valence-corrected chi connectivity index (χ4v) is 6.20. The normalized spacial score (nSPS) is 28.8. The molecule has 6 rings (SSSR count). The largest absolute Gasteiger partial charge is 0.489 e. The van der Waals surface area contributed by atoms with Crippen LogP contribution in [-0.2, 0) is 11.3 Å². The molecule has 160 valence electrons. The van der Waals surface area contributed by atoms with Crippen molar-refractivity contribution in [1.29, 1.82) is 0 Å². The Bertz CT molecular complexity index is 1090. The van der Waals surface area contributed by atoms with Crippen molar-refractivity contribution in [3.05, 3.63) is 93.1 Å². The van der Waals surface area contributed by atoms with Gasteiger partial charge in [0.1, 0.15) is 12.4 Å². The molecule has 5 aliphatic rings. The number of allylic oxidation sites excluding steroid dienone is 8. The van der Waals surface area contributed by atoms with E-state index in [0.717, 1.165) is 37.9 Å². The number of benzene rings is 1. The summed E-state index contributed by atoms with van der Waals surface area (Å²) in [4.78, 5) is 0. The number of rotatable bonds is 4. The van der Waals surface area contributed by atoms with Crippen LogP contribution in [0, 0.1) is 11.3 Å². The van der Waals surface area contributed by atoms with Gasteiger partial charge in [-0.25, -0.2) is 0 Å². The van der Waals surface area contributed by atoms with Gasteiger partial charge >= 0.3 is 0 Å². The SMILES string of the molecule is CC12CCCC=C1C(OCc1ccccc1)=CC1=C2NNC2=C1CC1=C2C(CO)CC1. The highest BCUT2D eigenvalue weighted by atomic mass is 16.5. The minimum atomic E-state index is -0.0662. The Labute approximate surface area is 184 Å². The third kappa shape index (κ3) is 2.85. The summed E-state index contributed by atoms with van der Waals surface area (Å²) in [6, 6.07) is 10.4. The number of aliphatic hydroxyl groups excluding tert-OH is 1. The van der Waals surface area contributed by atoms with Crippen LogP contribution >= 0.6 is 0 Å². The molecule has 0 bridgehead atoms. The van der Waals surface area contributed by atoms with Crippen LogP contribution in [0.3, 0.4) is 0 Å². The van der Waals surface area contributed by atoms with Crippen LogP contribution in [-0.4, -0.2) is 11.7 Å². The fourth-order valence-electron chi connectivity index (χ4n) is 6.20. The van der Waals surface area contributed by atoms with Crippen LogP contribution in [0.1, 0.15) is 51.0 Å². The van der Waals surface area contributed by atoms with Gasteiger partial charge in [-0.2, -0.15) is 0 Å². The van der Waals surface area contributed by atoms with Crippen LogP contribution < -0.4 is 10.9 Å². The Kier molecular flexibility index (Phi) is 4.39. The molecule has 0 fully saturated rings. The first-order chi connectivity index (χ1) is 15.2. The number of nitrogens with one attached hydrogen (secondary N) is 2. The molecule has 0 saturated heterocycles. The summed E-state index contributed by atoms with van der Waals surface area (Å²) in [5, 5.41) is 9.90. The van der Waals surface area contributed by atoms with Crippen molar-refractivity contribution in [3.63, 3.8) is 0 Å². The number of fused-ring (bicyclic) bond motifs is 4. The molecule has 1 aliphatic heterocycles. The summed E-state index contributed by atoms with van der Waals surface area (Å²) in [5.41, 5.74) is 17.6. The van der Waals surface area contributed by atoms with Crippen molar-refractivity contribution in [3.8, 4) is 0 Å². The number of hydrogen-bond donors (Lipinski definition) is 3. The summed E-state index contributed by atoms with van der Waals surface area (Å²) in [6.45, 7) is 3.18. The highest BCUT2D eigenvalue weighted by molar-refractivity contribution is 5.66. The lowest BCUT2D eigenvalue weighted by molar-refractivity contribution is 0.187. The Morgan fingerprint density at radius 1 is 1.19 bits per heavy atom. The van der Waals surface area contributed by atoms with Crippen molar-refractivity contribution >= 4 is 0 Å². The molecule has 1 aromatic carbocycles. The van der Waals surface area contributed by atoms with Gasteiger partial charge in [0.25, 0.3) is 0 Å². The molecular weight excluding hydrogens is 384 g/mol. The van der Waals surface area contributed by atoms with Gasteiger partial charge in [0, 0.05) is 28.2 Å². The lowest BCUT2D eigenvalue weighted by Crippen LogP contribution is -2.45. The van der Waals surface area contributed by atoms with E-state index in [-0.39, 0.29) is 17.9 Å². The smallest absolute Gasteiger partial charge is 0.124 e. The maximum atomic E-state index is 9.90. The first kappa shape index (κ1) is 19.0. The maximum Gasteiger partial charge on any atom is 0.124 e. The zero-order chi connectivity index (χ0) is 21.0. The molecule has 0 amide bonds. The van der Waals surface area contributed by atoms with E-state index in [1.807, 2.05) is 6.07 Å². The van der Waals surface area contributed by atoms with Crippen molar-refractivity contribution in [2.45, 2.75) is 52.1 Å². The van der Waals surface area contributed by atoms with Crippen molar-refractivity contribution in [1.82, 2.24) is 10.9 Å². The first-order valence-corrected chi connectivity index (χ1v) is 11.6. The third-order valence-electron chi connectivity index (χ3n) is 7.83. The zero-order valence-corrected chi connectivity index (χ0v) is 18.1. The molecular formula is C27H30N2O2. The van der Waals surface area contributed by atoms with Crippen molar-refractivity contribution in [2.75, 3.05) is 6.61 Å². The molecule has 4 heteroatoms. The highest BCUT2D eigenvalue weighted by Gasteiger charge is 2.46. The second-order valence-electron chi connectivity index (χ2n) is 9.63. The number of hydrogen-bond acceptors (Lipinski definition) is 4. The predicted octanol–water partition coefficient (Wildman–Crippen LogP) is 4.94. The average Bonchev–Trinajstić information content (AvgIpc) is 3.37. The molecule has 0 radical (unpaired) electrons. The molecule has 4 nitrogen and oxygen atoms in total. The van der Waals surface area contributed by atoms with Gasteiger partial charge in [0.05, 0.1) is 12.3 Å². The Balaban J connectivity index is 1.41. The summed E-state index contributed by atoms with van der Waals surface area (Å²) in [6.07, 6.45) is 11.2. The number of hydrazine groups is 1. The zero-order valence-electron chi connectivity index (χ0n) is 18.1. The maximum absolute atomic E-state index is 9.90. The molecule has 3 N–H and O–H groups in total. The Morgan fingerprint density at radius 3 is 2.90 bits per heavy atom. The van der Waals surface area contributed by atoms with Gasteiger partial charge in [-0.1, -0.05) is 42.0 Å². The molecule has 1 aromatic rings. The van der Waals surface area contributed by atoms with Gasteiger partial charge in [-0.3, -0.25) is 0 Å². The van der Waals surface area contributed by atoms with Crippen LogP contribution in [0.2, 0.25) is 0 Å². The molecule has 2 atom stereocenters. The minimum Gasteiger partial charge on any atom is -0.489 e. The Morgan fingerprint density at radius 2 is 2.06 bits per heavy atom. The van der Waals surface area contributed by atoms with Crippen LogP contribution in [0.25, 0.3) is 0 Å². The molecule has 0 spiro atoms. The quantitative estimate of drug-likeness (QED) is 0.654. The lowest BCUT2D eigenvalue weighted by Gasteiger charge is -2.44. The number of aliphatic hydroxyl groups is 1. The minimum absolute atomic E-state index is 0.0662. The van der Waals surface area contributed by atoms with E-state index in [2.05, 4.69) is 54.2 Å². The van der Waals surface area contributed by atoms with E-state index in [1.54, 1.807) is 0 Å². The van der Waals surface area contributed by atoms with Crippen LogP contribution in [0.15, 0.2) is 87.5 Å². The second kappa shape index (κ2) is 7.16. The fraction of sp³-hybridized carbons (Fsp3) is 0.407. The van der Waals surface area contributed by atoms with E-state index in [1.165, 1.54) is 51.2 Å². The average molecular weight is 415 g/mol. The summed E-state index contributed by atoms with van der Waals surface area (Å²) in [5.74, 6) is 1.28. The van der Waals surface area contributed by atoms with E-state index in [0.29, 0.717) is 6.61 Å². The van der Waals surface area contributed by atoms with Crippen LogP contribution in [0.4, 0.5) is 0 Å². The van der Waals surface area contributed by atoms with E-state index < -0.39 is 0 Å². The number of ether oxygens (including phenoxy) is 1. The van der Waals surface area contributed by atoms with Gasteiger partial charge in [-0.15, -0.1) is 0 Å². The third-order valence-corrected chi connectivity index (χ3v) is 7.83. The van der Waals surface area contributed by atoms with E-state index in [4.69, 9.17) is 4.74 Å². The predicted molar refractivity (Wildman–Crippen MR) is 121 cm³/mol. The standard InChI is InChI=1S/C27H30N2O2/c1-27-12-6-5-9-22(27)23(31-16-17-7-3-2-4-8-17)14-21-20-13-18-10-11-19(15-30)24(18)25(20)28-29-26(21)27/h2-4,7-9,14,19,28-30H,5-6,10-13,15-16H2,1H3. The summed E-state index contributed by atoms with van der Waals surface area (Å²) in [7, 11) is 0. The van der Waals surface area contributed by atoms with E-state index in [9.17, 15) is 5.11 Å². The summed E-state index contributed by atoms with van der Waals surface area (Å²) >= 11 is 0. The van der Waals surface area contributed by atoms with E-state index >= 15 is 0 Å². The first-order valence-electron chi connectivity index (χ1n) is 11.6. The van der Waals surface area contributed by atoms with Gasteiger partial charge in [-0.05, 0) is 68.2 Å². The molecule has 0 aromatic heterocycles. The summed E-state index contributed by atoms with van der Waals surface area (Å²) < 4.78 is 6.47. The van der Waals surface area contributed by atoms with Gasteiger partial charge < -0.3 is 20.7 Å². The van der Waals surface area contributed by atoms with Gasteiger partial charge in [0.15, 0.2) is 0 Å². The topological polar surface area (TPSA) is 53.5 Å². The van der Waals surface area contributed by atoms with Crippen LogP contribution in [0.5, 0.6) is 0 Å². The Hall–Kier alpha value is -2.72. The molecule has 0 saturated carbocycles. The van der Waals surface area contributed by atoms with Gasteiger partial charge in [0.2, 0.25) is 0 Å². The molecule has 1 heterocycles. The lowest BCUT2D eigenvalue weighted by atomic mass is 9.66. The van der Waals surface area contributed by atoms with Crippen molar-refractivity contribution < 1.29 is 9.84 Å². The molecule has 4 aliphatic carbocycles. The molecule has 2 unspecified atom stereocenters. The molecule has 31 heavy (non-hydrogen) atoms. The van der Waals surface area contributed by atoms with Crippen molar-refractivity contribution in [2.24, 2.45) is 11.3 Å². The monoisotopic (exact) mass is 414 g/mol.